The number of halogens is 4. The van der Waals surface area contributed by atoms with Gasteiger partial charge in [0, 0.05) is 44.0 Å². The van der Waals surface area contributed by atoms with Crippen molar-refractivity contribution in [3.63, 3.8) is 0 Å². The highest BCUT2D eigenvalue weighted by atomic mass is 35.5. The molecule has 0 amide bonds. The molecule has 42 heavy (non-hydrogen) atoms. The molecular weight excluding hydrogens is 617 g/mol. The number of sulfonamides is 1. The standard InChI is InChI=1S/C24H33ClN6O2S2.C2HF3O2/c1-3-13-35(32,33)28-16-18-5-6-19-15-22(34-21(19)14-18)23-20(25)17-27-24(29-23)26-7-4-8-31-11-9-30(2)10-12-31;3-2(4,5)1(6)7/h5-6,14-15,17,28H,3-4,7-13,16H2,1-2H3,(H,26,27,29);(H,6,7). The average molecular weight is 651 g/mol. The minimum atomic E-state index is -5.08. The fourth-order valence-electron chi connectivity index (χ4n) is 4.04. The molecule has 1 saturated heterocycles. The van der Waals surface area contributed by atoms with Crippen molar-refractivity contribution in [2.75, 3.05) is 57.4 Å². The van der Waals surface area contributed by atoms with Crippen LogP contribution in [0.1, 0.15) is 25.3 Å². The van der Waals surface area contributed by atoms with Crippen LogP contribution < -0.4 is 10.0 Å². The molecular formula is C26H34ClF3N6O4S2. The number of carboxylic acids is 1. The van der Waals surface area contributed by atoms with Gasteiger partial charge < -0.3 is 20.2 Å². The zero-order chi connectivity index (χ0) is 30.9. The molecule has 3 N–H and O–H groups in total. The van der Waals surface area contributed by atoms with Crippen LogP contribution in [0.2, 0.25) is 5.02 Å². The predicted molar refractivity (Wildman–Crippen MR) is 160 cm³/mol. The lowest BCUT2D eigenvalue weighted by Crippen LogP contribution is -2.44. The van der Waals surface area contributed by atoms with Crippen molar-refractivity contribution in [1.82, 2.24) is 24.5 Å². The van der Waals surface area contributed by atoms with E-state index in [1.54, 1.807) is 17.5 Å². The maximum atomic E-state index is 12.0. The lowest BCUT2D eigenvalue weighted by molar-refractivity contribution is -0.192. The molecule has 10 nitrogen and oxygen atoms in total. The summed E-state index contributed by atoms with van der Waals surface area (Å²) < 4.78 is 59.4. The number of piperazine rings is 1. The second-order valence-electron chi connectivity index (χ2n) is 9.74. The Hall–Kier alpha value is -2.56. The third-order valence-corrected chi connectivity index (χ3v) is 9.21. The number of alkyl halides is 3. The van der Waals surface area contributed by atoms with Crippen LogP contribution in [0.3, 0.4) is 0 Å². The molecule has 0 saturated carbocycles. The normalized spacial score (nSPS) is 14.9. The van der Waals surface area contributed by atoms with Gasteiger partial charge in [0.25, 0.3) is 0 Å². The summed E-state index contributed by atoms with van der Waals surface area (Å²) in [6.45, 7) is 8.50. The molecule has 1 aliphatic rings. The number of fused-ring (bicyclic) bond motifs is 1. The summed E-state index contributed by atoms with van der Waals surface area (Å²) in [4.78, 5) is 23.8. The Morgan fingerprint density at radius 2 is 1.88 bits per heavy atom. The van der Waals surface area contributed by atoms with E-state index >= 15 is 0 Å². The predicted octanol–water partition coefficient (Wildman–Crippen LogP) is 4.52. The first-order valence-corrected chi connectivity index (χ1v) is 16.1. The molecule has 1 aliphatic heterocycles. The van der Waals surface area contributed by atoms with Gasteiger partial charge in [-0.3, -0.25) is 0 Å². The van der Waals surface area contributed by atoms with Crippen molar-refractivity contribution in [2.45, 2.75) is 32.5 Å². The molecule has 0 radical (unpaired) electrons. The van der Waals surface area contributed by atoms with Gasteiger partial charge in [-0.05, 0) is 49.5 Å². The summed E-state index contributed by atoms with van der Waals surface area (Å²) >= 11 is 8.05. The Morgan fingerprint density at radius 1 is 1.19 bits per heavy atom. The van der Waals surface area contributed by atoms with Gasteiger partial charge in [0.2, 0.25) is 16.0 Å². The van der Waals surface area contributed by atoms with E-state index < -0.39 is 22.2 Å². The molecule has 1 aromatic carbocycles. The molecule has 0 bridgehead atoms. The molecule has 4 rings (SSSR count). The molecule has 0 spiro atoms. The fourth-order valence-corrected chi connectivity index (χ4v) is 6.48. The van der Waals surface area contributed by atoms with Crippen LogP contribution >= 0.6 is 22.9 Å². The number of anilines is 1. The van der Waals surface area contributed by atoms with E-state index in [2.05, 4.69) is 42.9 Å². The third kappa shape index (κ3) is 10.6. The number of thiophene rings is 1. The number of hydrogen-bond acceptors (Lipinski definition) is 9. The minimum absolute atomic E-state index is 0.136. The molecule has 16 heteroatoms. The number of benzene rings is 1. The van der Waals surface area contributed by atoms with Crippen molar-refractivity contribution in [3.8, 4) is 10.6 Å². The van der Waals surface area contributed by atoms with E-state index in [1.165, 1.54) is 0 Å². The number of aliphatic carboxylic acids is 1. The Kier molecular flexibility index (Phi) is 12.3. The van der Waals surface area contributed by atoms with E-state index in [9.17, 15) is 21.6 Å². The molecule has 0 atom stereocenters. The van der Waals surface area contributed by atoms with Crippen LogP contribution in [-0.4, -0.2) is 97.5 Å². The van der Waals surface area contributed by atoms with Gasteiger partial charge in [0.05, 0.1) is 21.8 Å². The van der Waals surface area contributed by atoms with Crippen LogP contribution in [0, 0.1) is 0 Å². The van der Waals surface area contributed by atoms with Crippen molar-refractivity contribution < 1.29 is 31.5 Å². The van der Waals surface area contributed by atoms with Crippen LogP contribution in [0.25, 0.3) is 20.7 Å². The summed E-state index contributed by atoms with van der Waals surface area (Å²) in [6.07, 6.45) is -1.82. The molecule has 3 heterocycles. The molecule has 2 aromatic heterocycles. The van der Waals surface area contributed by atoms with Crippen LogP contribution in [-0.2, 0) is 21.4 Å². The van der Waals surface area contributed by atoms with Gasteiger partial charge in [-0.15, -0.1) is 11.3 Å². The summed E-state index contributed by atoms with van der Waals surface area (Å²) in [6, 6.07) is 8.04. The Balaban J connectivity index is 0.000000616. The van der Waals surface area contributed by atoms with Crippen LogP contribution in [0.4, 0.5) is 19.1 Å². The SMILES string of the molecule is CCCS(=O)(=O)NCc1ccc2cc(-c3nc(NCCCN4CCN(C)CC4)ncc3Cl)sc2c1.O=C(O)C(F)(F)F. The van der Waals surface area contributed by atoms with E-state index in [0.29, 0.717) is 23.1 Å². The number of carboxylic acid groups (broad SMARTS) is 1. The first-order valence-electron chi connectivity index (χ1n) is 13.2. The number of nitrogens with one attached hydrogen (secondary N) is 2. The van der Waals surface area contributed by atoms with Gasteiger partial charge in [-0.2, -0.15) is 13.2 Å². The first-order chi connectivity index (χ1) is 19.8. The quantitative estimate of drug-likeness (QED) is 0.257. The molecule has 0 unspecified atom stereocenters. The Bertz CT molecular complexity index is 1450. The summed E-state index contributed by atoms with van der Waals surface area (Å²) in [5.74, 6) is -2.05. The fraction of sp³-hybridized carbons (Fsp3) is 0.500. The largest absolute Gasteiger partial charge is 0.490 e. The van der Waals surface area contributed by atoms with E-state index in [-0.39, 0.29) is 12.3 Å². The number of aromatic nitrogens is 2. The molecule has 0 aliphatic carbocycles. The zero-order valence-corrected chi connectivity index (χ0v) is 25.6. The maximum absolute atomic E-state index is 12.0. The maximum Gasteiger partial charge on any atom is 0.490 e. The van der Waals surface area contributed by atoms with Gasteiger partial charge in [0.15, 0.2) is 0 Å². The smallest absolute Gasteiger partial charge is 0.475 e. The zero-order valence-electron chi connectivity index (χ0n) is 23.2. The number of nitrogens with zero attached hydrogens (tertiary/aromatic N) is 4. The summed E-state index contributed by atoms with van der Waals surface area (Å²) in [5.41, 5.74) is 1.62. The molecule has 1 fully saturated rings. The lowest BCUT2D eigenvalue weighted by Gasteiger charge is -2.32. The summed E-state index contributed by atoms with van der Waals surface area (Å²) in [7, 11) is -1.07. The van der Waals surface area contributed by atoms with Crippen molar-refractivity contribution in [1.29, 1.82) is 0 Å². The first kappa shape index (κ1) is 33.9. The lowest BCUT2D eigenvalue weighted by atomic mass is 10.1. The van der Waals surface area contributed by atoms with Crippen molar-refractivity contribution in [3.05, 3.63) is 41.0 Å². The minimum Gasteiger partial charge on any atom is -0.475 e. The van der Waals surface area contributed by atoms with Gasteiger partial charge >= 0.3 is 12.1 Å². The van der Waals surface area contributed by atoms with E-state index in [4.69, 9.17) is 21.5 Å². The number of likely N-dealkylation sites (N-methyl/N-ethyl adjacent to an activating group) is 1. The van der Waals surface area contributed by atoms with Gasteiger partial charge in [-0.1, -0.05) is 30.7 Å². The second-order valence-corrected chi connectivity index (χ2v) is 13.2. The third-order valence-electron chi connectivity index (χ3n) is 6.30. The van der Waals surface area contributed by atoms with E-state index in [0.717, 1.165) is 66.2 Å². The van der Waals surface area contributed by atoms with Gasteiger partial charge in [-0.25, -0.2) is 27.9 Å². The molecule has 232 valence electrons. The van der Waals surface area contributed by atoms with Crippen LogP contribution in [0.15, 0.2) is 30.5 Å². The number of carbonyl (C=O) groups is 1. The average Bonchev–Trinajstić information content (AvgIpc) is 3.35. The highest BCUT2D eigenvalue weighted by Gasteiger charge is 2.38. The van der Waals surface area contributed by atoms with E-state index in [1.807, 2.05) is 25.1 Å². The monoisotopic (exact) mass is 650 g/mol. The molecule has 3 aromatic rings. The highest BCUT2D eigenvalue weighted by molar-refractivity contribution is 7.89. The van der Waals surface area contributed by atoms with Crippen molar-refractivity contribution >= 4 is 55.0 Å². The Labute approximate surface area is 251 Å². The van der Waals surface area contributed by atoms with Crippen molar-refractivity contribution in [2.24, 2.45) is 0 Å². The second kappa shape index (κ2) is 15.3. The van der Waals surface area contributed by atoms with Gasteiger partial charge in [0.1, 0.15) is 5.69 Å². The number of rotatable bonds is 11. The topological polar surface area (TPSA) is 128 Å². The Morgan fingerprint density at radius 3 is 2.52 bits per heavy atom. The van der Waals surface area contributed by atoms with Crippen LogP contribution in [0.5, 0.6) is 0 Å². The summed E-state index contributed by atoms with van der Waals surface area (Å²) in [5, 5.41) is 12.0. The highest BCUT2D eigenvalue weighted by Crippen LogP contribution is 2.36. The number of hydrogen-bond donors (Lipinski definition) is 3.